The number of sulfone groups is 1. The van der Waals surface area contributed by atoms with Crippen molar-refractivity contribution in [3.63, 3.8) is 0 Å². The quantitative estimate of drug-likeness (QED) is 0.746. The highest BCUT2D eigenvalue weighted by Crippen LogP contribution is 2.35. The number of aromatic nitrogens is 2. The minimum atomic E-state index is -3.21. The fourth-order valence-electron chi connectivity index (χ4n) is 3.20. The van der Waals surface area contributed by atoms with Gasteiger partial charge in [-0.3, -0.25) is 0 Å². The summed E-state index contributed by atoms with van der Waals surface area (Å²) in [4.78, 5) is 8.99. The summed E-state index contributed by atoms with van der Waals surface area (Å²) in [6, 6.07) is 11.1. The fourth-order valence-corrected chi connectivity index (χ4v) is 4.75. The Morgan fingerprint density at radius 2 is 1.88 bits per heavy atom. The molecule has 0 saturated carbocycles. The predicted octanol–water partition coefficient (Wildman–Crippen LogP) is 2.24. The number of anilines is 2. The number of nitrogens with one attached hydrogen (secondary N) is 1. The smallest absolute Gasteiger partial charge is 0.179 e. The lowest BCUT2D eigenvalue weighted by Crippen LogP contribution is -2.00. The summed E-state index contributed by atoms with van der Waals surface area (Å²) < 4.78 is 24.4. The number of rotatable bonds is 4. The molecule has 25 heavy (non-hydrogen) atoms. The number of hydrogen-bond donors (Lipinski definition) is 2. The monoisotopic (exact) mass is 355 g/mol. The van der Waals surface area contributed by atoms with Crippen molar-refractivity contribution in [2.75, 3.05) is 17.7 Å². The van der Waals surface area contributed by atoms with Crippen LogP contribution in [0.3, 0.4) is 0 Å². The van der Waals surface area contributed by atoms with E-state index in [1.54, 1.807) is 12.1 Å². The standard InChI is InChI=1S/C18H17N3O3S/c22-9-7-12-1-3-13(4-2-12)21-18-17-14-8-10-25(23,24)16(14)6-5-15(17)19-11-20-18/h1-6,11,22H,7-10H2,(H,19,20,21). The van der Waals surface area contributed by atoms with Crippen LogP contribution in [0.4, 0.5) is 11.5 Å². The molecule has 0 amide bonds. The summed E-state index contributed by atoms with van der Waals surface area (Å²) >= 11 is 0. The van der Waals surface area contributed by atoms with E-state index in [9.17, 15) is 8.42 Å². The highest BCUT2D eigenvalue weighted by molar-refractivity contribution is 7.91. The molecule has 7 heteroatoms. The van der Waals surface area contributed by atoms with E-state index >= 15 is 0 Å². The summed E-state index contributed by atoms with van der Waals surface area (Å²) in [6.07, 6.45) is 2.56. The van der Waals surface area contributed by atoms with Crippen molar-refractivity contribution in [1.82, 2.24) is 9.97 Å². The van der Waals surface area contributed by atoms with Crippen molar-refractivity contribution >= 4 is 32.2 Å². The zero-order chi connectivity index (χ0) is 17.4. The first kappa shape index (κ1) is 16.0. The maximum absolute atomic E-state index is 12.2. The Morgan fingerprint density at radius 1 is 1.08 bits per heavy atom. The van der Waals surface area contributed by atoms with E-state index in [-0.39, 0.29) is 12.4 Å². The minimum absolute atomic E-state index is 0.115. The third-order valence-corrected chi connectivity index (χ3v) is 6.24. The molecule has 0 aliphatic carbocycles. The maximum Gasteiger partial charge on any atom is 0.179 e. The second kappa shape index (κ2) is 6.09. The van der Waals surface area contributed by atoms with Crippen molar-refractivity contribution in [1.29, 1.82) is 0 Å². The average molecular weight is 355 g/mol. The molecule has 128 valence electrons. The third kappa shape index (κ3) is 2.85. The van der Waals surface area contributed by atoms with Crippen LogP contribution < -0.4 is 5.32 Å². The number of aliphatic hydroxyl groups is 1. The van der Waals surface area contributed by atoms with Crippen LogP contribution in [0, 0.1) is 0 Å². The van der Waals surface area contributed by atoms with Gasteiger partial charge in [0.15, 0.2) is 9.84 Å². The van der Waals surface area contributed by atoms with Crippen LogP contribution >= 0.6 is 0 Å². The van der Waals surface area contributed by atoms with E-state index in [1.807, 2.05) is 24.3 Å². The molecule has 0 unspecified atom stereocenters. The first-order valence-corrected chi connectivity index (χ1v) is 9.70. The van der Waals surface area contributed by atoms with Crippen LogP contribution in [0.1, 0.15) is 11.1 Å². The van der Waals surface area contributed by atoms with Crippen LogP contribution in [0.2, 0.25) is 0 Å². The Labute approximate surface area is 145 Å². The lowest BCUT2D eigenvalue weighted by molar-refractivity contribution is 0.299. The number of benzene rings is 2. The van der Waals surface area contributed by atoms with Gasteiger partial charge in [-0.15, -0.1) is 0 Å². The van der Waals surface area contributed by atoms with Gasteiger partial charge in [0.2, 0.25) is 0 Å². The lowest BCUT2D eigenvalue weighted by atomic mass is 10.1. The van der Waals surface area contributed by atoms with Crippen LogP contribution in [-0.4, -0.2) is 35.9 Å². The average Bonchev–Trinajstić information content (AvgIpc) is 2.92. The van der Waals surface area contributed by atoms with Gasteiger partial charge >= 0.3 is 0 Å². The van der Waals surface area contributed by atoms with E-state index in [1.165, 1.54) is 6.33 Å². The zero-order valence-corrected chi connectivity index (χ0v) is 14.3. The fraction of sp³-hybridized carbons (Fsp3) is 0.222. The molecule has 2 N–H and O–H groups in total. The second-order valence-corrected chi connectivity index (χ2v) is 8.10. The Balaban J connectivity index is 1.79. The van der Waals surface area contributed by atoms with Crippen LogP contribution in [-0.2, 0) is 22.7 Å². The lowest BCUT2D eigenvalue weighted by Gasteiger charge is -2.11. The Morgan fingerprint density at radius 3 is 2.64 bits per heavy atom. The van der Waals surface area contributed by atoms with Crippen LogP contribution in [0.25, 0.3) is 10.9 Å². The van der Waals surface area contributed by atoms with E-state index in [2.05, 4.69) is 15.3 Å². The van der Waals surface area contributed by atoms with Crippen molar-refractivity contribution < 1.29 is 13.5 Å². The summed E-state index contributed by atoms with van der Waals surface area (Å²) in [5, 5.41) is 13.0. The molecule has 0 fully saturated rings. The Hall–Kier alpha value is -2.51. The normalized spacial score (nSPS) is 15.2. The number of fused-ring (bicyclic) bond motifs is 3. The Kier molecular flexibility index (Phi) is 3.89. The molecule has 0 bridgehead atoms. The molecule has 0 spiro atoms. The van der Waals surface area contributed by atoms with Gasteiger partial charge < -0.3 is 10.4 Å². The molecule has 3 aromatic rings. The number of aliphatic hydroxyl groups excluding tert-OH is 1. The predicted molar refractivity (Wildman–Crippen MR) is 95.8 cm³/mol. The third-order valence-electron chi connectivity index (χ3n) is 4.44. The zero-order valence-electron chi connectivity index (χ0n) is 13.4. The van der Waals surface area contributed by atoms with E-state index in [0.717, 1.165) is 27.7 Å². The molecular weight excluding hydrogens is 338 g/mol. The van der Waals surface area contributed by atoms with E-state index in [4.69, 9.17) is 5.11 Å². The molecular formula is C18H17N3O3S. The van der Waals surface area contributed by atoms with Gasteiger partial charge in [0.05, 0.1) is 16.2 Å². The highest BCUT2D eigenvalue weighted by atomic mass is 32.2. The van der Waals surface area contributed by atoms with Crippen LogP contribution in [0.5, 0.6) is 0 Å². The molecule has 1 aliphatic rings. The maximum atomic E-state index is 12.2. The first-order chi connectivity index (χ1) is 12.1. The van der Waals surface area contributed by atoms with Crippen molar-refractivity contribution in [2.24, 2.45) is 0 Å². The molecule has 0 atom stereocenters. The van der Waals surface area contributed by atoms with Gasteiger partial charge in [-0.05, 0) is 48.2 Å². The molecule has 0 radical (unpaired) electrons. The largest absolute Gasteiger partial charge is 0.396 e. The number of hydrogen-bond acceptors (Lipinski definition) is 6. The molecule has 1 aliphatic heterocycles. The first-order valence-electron chi connectivity index (χ1n) is 8.05. The number of nitrogens with zero attached hydrogens (tertiary/aromatic N) is 2. The number of aryl methyl sites for hydroxylation is 1. The van der Waals surface area contributed by atoms with Crippen molar-refractivity contribution in [3.05, 3.63) is 53.9 Å². The van der Waals surface area contributed by atoms with Crippen molar-refractivity contribution in [3.8, 4) is 0 Å². The van der Waals surface area contributed by atoms with Crippen molar-refractivity contribution in [2.45, 2.75) is 17.7 Å². The molecule has 4 rings (SSSR count). The summed E-state index contributed by atoms with van der Waals surface area (Å²) in [5.41, 5.74) is 3.41. The minimum Gasteiger partial charge on any atom is -0.396 e. The SMILES string of the molecule is O=S1(=O)CCc2c1ccc1ncnc(Nc3ccc(CCO)cc3)c21. The summed E-state index contributed by atoms with van der Waals surface area (Å²) in [7, 11) is -3.21. The van der Waals surface area contributed by atoms with Gasteiger partial charge in [0.1, 0.15) is 12.1 Å². The molecule has 0 saturated heterocycles. The topological polar surface area (TPSA) is 92.2 Å². The summed E-state index contributed by atoms with van der Waals surface area (Å²) in [6.45, 7) is 0.115. The summed E-state index contributed by atoms with van der Waals surface area (Å²) in [5.74, 6) is 0.736. The molecule has 2 aromatic carbocycles. The molecule has 6 nitrogen and oxygen atoms in total. The second-order valence-electron chi connectivity index (χ2n) is 6.02. The highest BCUT2D eigenvalue weighted by Gasteiger charge is 2.29. The van der Waals surface area contributed by atoms with E-state index in [0.29, 0.717) is 23.6 Å². The van der Waals surface area contributed by atoms with Gasteiger partial charge in [-0.1, -0.05) is 12.1 Å². The Bertz CT molecular complexity index is 1050. The molecule has 2 heterocycles. The van der Waals surface area contributed by atoms with E-state index < -0.39 is 9.84 Å². The van der Waals surface area contributed by atoms with Gasteiger partial charge in [0, 0.05) is 17.7 Å². The van der Waals surface area contributed by atoms with Crippen LogP contribution in [0.15, 0.2) is 47.6 Å². The van der Waals surface area contributed by atoms with Gasteiger partial charge in [-0.25, -0.2) is 18.4 Å². The van der Waals surface area contributed by atoms with Gasteiger partial charge in [-0.2, -0.15) is 0 Å². The molecule has 1 aromatic heterocycles. The van der Waals surface area contributed by atoms with Gasteiger partial charge in [0.25, 0.3) is 0 Å².